The molecule has 0 saturated carbocycles. The van der Waals surface area contributed by atoms with Gasteiger partial charge in [0.05, 0.1) is 12.6 Å². The maximum atomic E-state index is 9.54. The molecule has 0 aliphatic carbocycles. The van der Waals surface area contributed by atoms with Gasteiger partial charge in [-0.05, 0) is 42.5 Å². The number of hydrogen-bond acceptors (Lipinski definition) is 3. The van der Waals surface area contributed by atoms with Gasteiger partial charge in [-0.1, -0.05) is 32.9 Å². The lowest BCUT2D eigenvalue weighted by Gasteiger charge is -2.27. The van der Waals surface area contributed by atoms with Crippen molar-refractivity contribution in [3.63, 3.8) is 0 Å². The molecule has 2 unspecified atom stereocenters. The first-order chi connectivity index (χ1) is 9.61. The third-order valence-corrected chi connectivity index (χ3v) is 4.22. The summed E-state index contributed by atoms with van der Waals surface area (Å²) in [7, 11) is 0. The summed E-state index contributed by atoms with van der Waals surface area (Å²) in [4.78, 5) is 2.34. The van der Waals surface area contributed by atoms with Crippen molar-refractivity contribution in [2.24, 2.45) is 11.8 Å². The van der Waals surface area contributed by atoms with Crippen molar-refractivity contribution in [1.29, 1.82) is 0 Å². The van der Waals surface area contributed by atoms with Gasteiger partial charge in [-0.3, -0.25) is 0 Å². The first-order valence-corrected chi connectivity index (χ1v) is 7.79. The lowest BCUT2D eigenvalue weighted by atomic mass is 10.0. The largest absolute Gasteiger partial charge is 0.394 e. The highest BCUT2D eigenvalue weighted by Gasteiger charge is 2.30. The van der Waals surface area contributed by atoms with Crippen molar-refractivity contribution in [3.05, 3.63) is 29.8 Å². The van der Waals surface area contributed by atoms with E-state index in [4.69, 9.17) is 0 Å². The molecule has 0 radical (unpaired) electrons. The van der Waals surface area contributed by atoms with E-state index in [-0.39, 0.29) is 12.6 Å². The van der Waals surface area contributed by atoms with Gasteiger partial charge in [0.25, 0.3) is 0 Å². The van der Waals surface area contributed by atoms with Crippen molar-refractivity contribution in [3.8, 4) is 0 Å². The molecule has 1 aliphatic heterocycles. The van der Waals surface area contributed by atoms with Crippen LogP contribution in [0.3, 0.4) is 0 Å². The Hall–Kier alpha value is -1.06. The Labute approximate surface area is 123 Å². The van der Waals surface area contributed by atoms with Crippen LogP contribution in [0.1, 0.15) is 32.8 Å². The van der Waals surface area contributed by atoms with Crippen LogP contribution < -0.4 is 10.2 Å². The van der Waals surface area contributed by atoms with E-state index in [0.717, 1.165) is 19.6 Å². The van der Waals surface area contributed by atoms with E-state index in [2.05, 4.69) is 55.3 Å². The molecule has 1 aliphatic rings. The van der Waals surface area contributed by atoms with Crippen molar-refractivity contribution < 1.29 is 5.11 Å². The van der Waals surface area contributed by atoms with Crippen LogP contribution in [-0.2, 0) is 6.54 Å². The van der Waals surface area contributed by atoms with Crippen molar-refractivity contribution in [1.82, 2.24) is 5.32 Å². The number of aliphatic hydroxyl groups is 1. The molecule has 3 nitrogen and oxygen atoms in total. The fraction of sp³-hybridized carbons (Fsp3) is 0.647. The number of anilines is 1. The average Bonchev–Trinajstić information content (AvgIpc) is 2.80. The molecule has 112 valence electrons. The summed E-state index contributed by atoms with van der Waals surface area (Å²) in [6, 6.07) is 9.04. The van der Waals surface area contributed by atoms with Crippen LogP contribution in [0.15, 0.2) is 24.3 Å². The minimum Gasteiger partial charge on any atom is -0.394 e. The highest BCUT2D eigenvalue weighted by molar-refractivity contribution is 5.49. The zero-order chi connectivity index (χ0) is 14.5. The van der Waals surface area contributed by atoms with E-state index < -0.39 is 0 Å². The van der Waals surface area contributed by atoms with Gasteiger partial charge in [-0.2, -0.15) is 0 Å². The van der Waals surface area contributed by atoms with Crippen LogP contribution in [0.2, 0.25) is 0 Å². The smallest absolute Gasteiger partial charge is 0.0637 e. The Balaban J connectivity index is 1.94. The van der Waals surface area contributed by atoms with Crippen molar-refractivity contribution >= 4 is 5.69 Å². The quantitative estimate of drug-likeness (QED) is 0.838. The topological polar surface area (TPSA) is 35.5 Å². The van der Waals surface area contributed by atoms with Crippen LogP contribution in [0, 0.1) is 11.8 Å². The second-order valence-electron chi connectivity index (χ2n) is 6.40. The van der Waals surface area contributed by atoms with Gasteiger partial charge >= 0.3 is 0 Å². The van der Waals surface area contributed by atoms with E-state index in [9.17, 15) is 5.11 Å². The Bertz CT molecular complexity index is 402. The van der Waals surface area contributed by atoms with Gasteiger partial charge in [-0.15, -0.1) is 0 Å². The highest BCUT2D eigenvalue weighted by Crippen LogP contribution is 2.29. The SMILES string of the molecule is CC(C)CNCc1ccc(N2CCC(C)C2CO)cc1. The summed E-state index contributed by atoms with van der Waals surface area (Å²) in [5, 5.41) is 13.0. The number of benzene rings is 1. The lowest BCUT2D eigenvalue weighted by Crippen LogP contribution is -2.35. The minimum absolute atomic E-state index is 0.249. The Morgan fingerprint density at radius 1 is 1.30 bits per heavy atom. The van der Waals surface area contributed by atoms with Gasteiger partial charge in [0.2, 0.25) is 0 Å². The molecule has 2 N–H and O–H groups in total. The number of nitrogens with zero attached hydrogens (tertiary/aromatic N) is 1. The molecule has 1 aromatic carbocycles. The Kier molecular flexibility index (Phi) is 5.44. The predicted octanol–water partition coefficient (Wildman–Crippen LogP) is 2.64. The van der Waals surface area contributed by atoms with E-state index in [0.29, 0.717) is 11.8 Å². The molecule has 20 heavy (non-hydrogen) atoms. The van der Waals surface area contributed by atoms with Crippen LogP contribution in [-0.4, -0.2) is 30.8 Å². The summed E-state index contributed by atoms with van der Waals surface area (Å²) < 4.78 is 0. The normalized spacial score (nSPS) is 22.8. The molecule has 2 rings (SSSR count). The van der Waals surface area contributed by atoms with Crippen LogP contribution in [0.4, 0.5) is 5.69 Å². The van der Waals surface area contributed by atoms with Crippen LogP contribution >= 0.6 is 0 Å². The third kappa shape index (κ3) is 3.74. The molecule has 2 atom stereocenters. The third-order valence-electron chi connectivity index (χ3n) is 4.22. The molecular formula is C17H28N2O. The summed E-state index contributed by atoms with van der Waals surface area (Å²) in [5.41, 5.74) is 2.56. The Morgan fingerprint density at radius 2 is 2.00 bits per heavy atom. The van der Waals surface area contributed by atoms with Gasteiger partial charge in [-0.25, -0.2) is 0 Å². The van der Waals surface area contributed by atoms with Gasteiger partial charge < -0.3 is 15.3 Å². The maximum absolute atomic E-state index is 9.54. The predicted molar refractivity (Wildman–Crippen MR) is 85.0 cm³/mol. The molecule has 0 spiro atoms. The molecule has 3 heteroatoms. The lowest BCUT2D eigenvalue weighted by molar-refractivity contribution is 0.245. The molecule has 1 fully saturated rings. The average molecular weight is 276 g/mol. The summed E-state index contributed by atoms with van der Waals surface area (Å²) >= 11 is 0. The fourth-order valence-corrected chi connectivity index (χ4v) is 2.92. The van der Waals surface area contributed by atoms with Crippen molar-refractivity contribution in [2.45, 2.75) is 39.8 Å². The van der Waals surface area contributed by atoms with E-state index in [1.54, 1.807) is 0 Å². The number of aliphatic hydroxyl groups excluding tert-OH is 1. The molecule has 1 saturated heterocycles. The minimum atomic E-state index is 0.249. The second kappa shape index (κ2) is 7.09. The van der Waals surface area contributed by atoms with Gasteiger partial charge in [0, 0.05) is 18.8 Å². The van der Waals surface area contributed by atoms with Crippen LogP contribution in [0.5, 0.6) is 0 Å². The summed E-state index contributed by atoms with van der Waals surface area (Å²) in [6.07, 6.45) is 1.17. The first kappa shape index (κ1) is 15.3. The maximum Gasteiger partial charge on any atom is 0.0637 e. The molecule has 0 amide bonds. The zero-order valence-corrected chi connectivity index (χ0v) is 13.0. The highest BCUT2D eigenvalue weighted by atomic mass is 16.3. The first-order valence-electron chi connectivity index (χ1n) is 7.79. The second-order valence-corrected chi connectivity index (χ2v) is 6.40. The monoisotopic (exact) mass is 276 g/mol. The standard InChI is InChI=1S/C17H28N2O/c1-13(2)10-18-11-15-4-6-16(7-5-15)19-9-8-14(3)17(19)12-20/h4-7,13-14,17-18,20H,8-12H2,1-3H3. The van der Waals surface area contributed by atoms with E-state index in [1.165, 1.54) is 17.7 Å². The van der Waals surface area contributed by atoms with E-state index >= 15 is 0 Å². The molecule has 0 aromatic heterocycles. The molecule has 1 heterocycles. The number of nitrogens with one attached hydrogen (secondary N) is 1. The number of hydrogen-bond donors (Lipinski definition) is 2. The summed E-state index contributed by atoms with van der Waals surface area (Å²) in [5.74, 6) is 1.26. The fourth-order valence-electron chi connectivity index (χ4n) is 2.92. The molecular weight excluding hydrogens is 248 g/mol. The summed E-state index contributed by atoms with van der Waals surface area (Å²) in [6.45, 7) is 9.96. The molecule has 0 bridgehead atoms. The zero-order valence-electron chi connectivity index (χ0n) is 13.0. The molecule has 1 aromatic rings. The van der Waals surface area contributed by atoms with Gasteiger partial charge in [0.15, 0.2) is 0 Å². The van der Waals surface area contributed by atoms with Crippen LogP contribution in [0.25, 0.3) is 0 Å². The van der Waals surface area contributed by atoms with Gasteiger partial charge in [0.1, 0.15) is 0 Å². The van der Waals surface area contributed by atoms with E-state index in [1.807, 2.05) is 0 Å². The van der Waals surface area contributed by atoms with Crippen molar-refractivity contribution in [2.75, 3.05) is 24.6 Å². The number of rotatable bonds is 6. The Morgan fingerprint density at radius 3 is 2.60 bits per heavy atom.